The van der Waals surface area contributed by atoms with E-state index in [9.17, 15) is 0 Å². The second-order valence-electron chi connectivity index (χ2n) is 7.41. The highest BCUT2D eigenvalue weighted by molar-refractivity contribution is 6.42. The molecule has 1 aliphatic carbocycles. The minimum absolute atomic E-state index is 0.145. The van der Waals surface area contributed by atoms with Crippen LogP contribution in [0.2, 0.25) is 10.0 Å². The molecule has 5 rings (SSSR count). The third kappa shape index (κ3) is 3.07. The molecule has 1 aliphatic heterocycles. The summed E-state index contributed by atoms with van der Waals surface area (Å²) in [7, 11) is 0. The Morgan fingerprint density at radius 3 is 2.57 bits per heavy atom. The van der Waals surface area contributed by atoms with E-state index < -0.39 is 0 Å². The van der Waals surface area contributed by atoms with Gasteiger partial charge in [-0.25, -0.2) is 0 Å². The number of benzene rings is 3. The normalized spacial score (nSPS) is 22.3. The molecule has 0 fully saturated rings. The number of anilines is 3. The molecule has 2 nitrogen and oxygen atoms in total. The van der Waals surface area contributed by atoms with E-state index in [1.54, 1.807) is 0 Å². The number of hydrogen-bond donors (Lipinski definition) is 2. The van der Waals surface area contributed by atoms with Gasteiger partial charge in [0.1, 0.15) is 0 Å². The van der Waals surface area contributed by atoms with E-state index in [2.05, 4.69) is 59.2 Å². The van der Waals surface area contributed by atoms with Gasteiger partial charge in [0, 0.05) is 23.0 Å². The van der Waals surface area contributed by atoms with Gasteiger partial charge in [0.15, 0.2) is 0 Å². The maximum Gasteiger partial charge on any atom is 0.0645 e. The van der Waals surface area contributed by atoms with Crippen LogP contribution in [0.4, 0.5) is 17.1 Å². The Hall–Kier alpha value is -2.42. The number of para-hydroxylation sites is 1. The van der Waals surface area contributed by atoms with Gasteiger partial charge in [-0.05, 0) is 59.9 Å². The number of fused-ring (bicyclic) bond motifs is 3. The molecule has 0 saturated heterocycles. The van der Waals surface area contributed by atoms with Crippen molar-refractivity contribution in [2.24, 2.45) is 5.92 Å². The van der Waals surface area contributed by atoms with Gasteiger partial charge in [-0.2, -0.15) is 0 Å². The third-order valence-corrected chi connectivity index (χ3v) is 6.58. The number of hydrogen-bond acceptors (Lipinski definition) is 2. The molecule has 0 spiro atoms. The first-order valence-electron chi connectivity index (χ1n) is 9.54. The van der Waals surface area contributed by atoms with Gasteiger partial charge in [0.2, 0.25) is 0 Å². The second-order valence-corrected chi connectivity index (χ2v) is 8.20. The molecule has 28 heavy (non-hydrogen) atoms. The zero-order valence-electron chi connectivity index (χ0n) is 15.2. The first kappa shape index (κ1) is 17.7. The molecule has 0 radical (unpaired) electrons. The molecule has 0 aromatic heterocycles. The van der Waals surface area contributed by atoms with E-state index in [-0.39, 0.29) is 6.04 Å². The Kier molecular flexibility index (Phi) is 4.54. The Balaban J connectivity index is 1.51. The number of nitrogens with one attached hydrogen (secondary N) is 2. The first-order valence-corrected chi connectivity index (χ1v) is 10.3. The van der Waals surface area contributed by atoms with Crippen molar-refractivity contribution >= 4 is 40.3 Å². The lowest BCUT2D eigenvalue weighted by Crippen LogP contribution is -2.29. The zero-order chi connectivity index (χ0) is 19.1. The maximum absolute atomic E-state index is 6.56. The van der Waals surface area contributed by atoms with Gasteiger partial charge in [-0.15, -0.1) is 0 Å². The van der Waals surface area contributed by atoms with E-state index in [1.165, 1.54) is 5.56 Å². The van der Waals surface area contributed by atoms with Crippen LogP contribution in [0.3, 0.4) is 0 Å². The molecule has 4 heteroatoms. The lowest BCUT2D eigenvalue weighted by molar-refractivity contribution is 0.426. The fourth-order valence-corrected chi connectivity index (χ4v) is 4.85. The Morgan fingerprint density at radius 1 is 0.857 bits per heavy atom. The molecule has 2 N–H and O–H groups in total. The summed E-state index contributed by atoms with van der Waals surface area (Å²) in [6.07, 6.45) is 5.65. The molecule has 1 heterocycles. The van der Waals surface area contributed by atoms with Gasteiger partial charge in [0.05, 0.1) is 16.1 Å². The fourth-order valence-electron chi connectivity index (χ4n) is 4.43. The van der Waals surface area contributed by atoms with Crippen LogP contribution in [0.25, 0.3) is 0 Å². The standard InChI is InChI=1S/C24H20Cl2N2/c25-21-11-5-10-19(23(21)26)24-18-9-4-8-17(18)20-14-16(12-13-22(20)28-24)27-15-6-2-1-3-7-15/h1-8,10-14,17-18,24,27-28H,9H2. The first-order chi connectivity index (χ1) is 13.7. The van der Waals surface area contributed by atoms with E-state index in [0.717, 1.165) is 29.0 Å². The van der Waals surface area contributed by atoms with E-state index in [4.69, 9.17) is 23.2 Å². The molecule has 3 unspecified atom stereocenters. The van der Waals surface area contributed by atoms with Crippen LogP contribution in [0.15, 0.2) is 78.9 Å². The SMILES string of the molecule is Clc1cccc(C2Nc3ccc(Nc4ccccc4)cc3C3C=CCC32)c1Cl. The molecular formula is C24H20Cl2N2. The second kappa shape index (κ2) is 7.20. The summed E-state index contributed by atoms with van der Waals surface area (Å²) in [5.74, 6) is 0.796. The Labute approximate surface area is 175 Å². The average Bonchev–Trinajstić information content (AvgIpc) is 3.21. The van der Waals surface area contributed by atoms with Crippen molar-refractivity contribution in [3.63, 3.8) is 0 Å². The summed E-state index contributed by atoms with van der Waals surface area (Å²) in [5, 5.41) is 8.50. The number of allylic oxidation sites excluding steroid dienone is 2. The molecule has 3 aromatic carbocycles. The van der Waals surface area contributed by atoms with Gasteiger partial charge < -0.3 is 10.6 Å². The fraction of sp³-hybridized carbons (Fsp3) is 0.167. The van der Waals surface area contributed by atoms with Gasteiger partial charge in [-0.3, -0.25) is 0 Å². The highest BCUT2D eigenvalue weighted by Gasteiger charge is 2.38. The maximum atomic E-state index is 6.56. The van der Waals surface area contributed by atoms with Gasteiger partial charge in [0.25, 0.3) is 0 Å². The van der Waals surface area contributed by atoms with Crippen molar-refractivity contribution in [2.75, 3.05) is 10.6 Å². The van der Waals surface area contributed by atoms with Crippen LogP contribution < -0.4 is 10.6 Å². The van der Waals surface area contributed by atoms with E-state index in [1.807, 2.05) is 30.3 Å². The topological polar surface area (TPSA) is 24.1 Å². The summed E-state index contributed by atoms with van der Waals surface area (Å²) in [4.78, 5) is 0. The van der Waals surface area contributed by atoms with Gasteiger partial charge >= 0.3 is 0 Å². The molecule has 3 atom stereocenters. The van der Waals surface area contributed by atoms with Crippen LogP contribution in [0.1, 0.15) is 29.5 Å². The lowest BCUT2D eigenvalue weighted by atomic mass is 9.77. The van der Waals surface area contributed by atoms with Crippen molar-refractivity contribution in [1.82, 2.24) is 0 Å². The molecule has 0 bridgehead atoms. The zero-order valence-corrected chi connectivity index (χ0v) is 16.7. The van der Waals surface area contributed by atoms with Gasteiger partial charge in [-0.1, -0.05) is 65.7 Å². The molecule has 3 aromatic rings. The van der Waals surface area contributed by atoms with E-state index in [0.29, 0.717) is 21.9 Å². The summed E-state index contributed by atoms with van der Waals surface area (Å²) < 4.78 is 0. The average molecular weight is 407 g/mol. The van der Waals surface area contributed by atoms with Crippen LogP contribution in [-0.2, 0) is 0 Å². The molecule has 0 saturated carbocycles. The minimum Gasteiger partial charge on any atom is -0.378 e. The summed E-state index contributed by atoms with van der Waals surface area (Å²) in [6, 6.07) is 22.8. The molecule has 0 amide bonds. The van der Waals surface area contributed by atoms with E-state index >= 15 is 0 Å². The van der Waals surface area contributed by atoms with Crippen molar-refractivity contribution in [3.8, 4) is 0 Å². The molecular weight excluding hydrogens is 387 g/mol. The monoisotopic (exact) mass is 406 g/mol. The Bertz CT molecular complexity index is 1050. The van der Waals surface area contributed by atoms with Crippen LogP contribution >= 0.6 is 23.2 Å². The highest BCUT2D eigenvalue weighted by Crippen LogP contribution is 2.51. The third-order valence-electron chi connectivity index (χ3n) is 5.74. The molecule has 140 valence electrons. The summed E-state index contributed by atoms with van der Waals surface area (Å²) >= 11 is 12.8. The van der Waals surface area contributed by atoms with Crippen LogP contribution in [0, 0.1) is 5.92 Å². The van der Waals surface area contributed by atoms with Crippen molar-refractivity contribution in [2.45, 2.75) is 18.4 Å². The molecule has 2 aliphatic rings. The van der Waals surface area contributed by atoms with Crippen molar-refractivity contribution < 1.29 is 0 Å². The smallest absolute Gasteiger partial charge is 0.0645 e. The largest absolute Gasteiger partial charge is 0.378 e. The van der Waals surface area contributed by atoms with Crippen LogP contribution in [0.5, 0.6) is 0 Å². The minimum atomic E-state index is 0.145. The van der Waals surface area contributed by atoms with Crippen LogP contribution in [-0.4, -0.2) is 0 Å². The van der Waals surface area contributed by atoms with Crippen molar-refractivity contribution in [3.05, 3.63) is 100 Å². The number of rotatable bonds is 3. The predicted molar refractivity (Wildman–Crippen MR) is 119 cm³/mol. The van der Waals surface area contributed by atoms with Crippen molar-refractivity contribution in [1.29, 1.82) is 0 Å². The summed E-state index contributed by atoms with van der Waals surface area (Å²) in [6.45, 7) is 0. The Morgan fingerprint density at radius 2 is 1.71 bits per heavy atom. The quantitative estimate of drug-likeness (QED) is 0.438. The highest BCUT2D eigenvalue weighted by atomic mass is 35.5. The number of halogens is 2. The lowest BCUT2D eigenvalue weighted by Gasteiger charge is -2.38. The summed E-state index contributed by atoms with van der Waals surface area (Å²) in [5.41, 5.74) is 5.75. The predicted octanol–water partition coefficient (Wildman–Crippen LogP) is 7.56.